The van der Waals surface area contributed by atoms with E-state index in [4.69, 9.17) is 32.1 Å². The first kappa shape index (κ1) is 24.7. The fourth-order valence-corrected chi connectivity index (χ4v) is 4.52. The molecule has 7 nitrogen and oxygen atoms in total. The number of anilines is 1. The van der Waals surface area contributed by atoms with E-state index >= 15 is 0 Å². The number of hydrogen-bond donors (Lipinski definition) is 0. The summed E-state index contributed by atoms with van der Waals surface area (Å²) in [5, 5.41) is 0.813. The third-order valence-corrected chi connectivity index (χ3v) is 6.12. The highest BCUT2D eigenvalue weighted by Gasteiger charge is 2.18. The monoisotopic (exact) mass is 525 g/mol. The average Bonchev–Trinajstić information content (AvgIpc) is 2.77. The Morgan fingerprint density at radius 3 is 2.38 bits per heavy atom. The summed E-state index contributed by atoms with van der Waals surface area (Å²) in [6.45, 7) is 1.29. The summed E-state index contributed by atoms with van der Waals surface area (Å²) in [5.74, 6) is 0.0667. The Balaban J connectivity index is 1.65. The van der Waals surface area contributed by atoms with E-state index in [1.165, 1.54) is 18.3 Å². The molecule has 0 atom stereocenters. The fraction of sp³-hybridized carbons (Fsp3) is 0.304. The van der Waals surface area contributed by atoms with Crippen molar-refractivity contribution in [2.75, 3.05) is 24.2 Å². The maximum Gasteiger partial charge on any atom is 0.264 e. The minimum atomic E-state index is -3.67. The van der Waals surface area contributed by atoms with Crippen molar-refractivity contribution in [3.8, 4) is 22.9 Å². The van der Waals surface area contributed by atoms with Crippen molar-refractivity contribution in [1.82, 2.24) is 9.97 Å². The first-order valence-corrected chi connectivity index (χ1v) is 13.1. The molecule has 2 aromatic heterocycles. The molecule has 1 fully saturated rings. The Morgan fingerprint density at radius 1 is 1.03 bits per heavy atom. The number of nitrogens with zero attached hydrogens (tertiary/aromatic N) is 3. The van der Waals surface area contributed by atoms with Gasteiger partial charge in [0.1, 0.15) is 0 Å². The molecule has 1 aliphatic heterocycles. The maximum absolute atomic E-state index is 14.8. The Bertz CT molecular complexity index is 1280. The van der Waals surface area contributed by atoms with Crippen LogP contribution in [-0.4, -0.2) is 37.7 Å². The summed E-state index contributed by atoms with van der Waals surface area (Å²) >= 11 is 12.3. The first-order valence-electron chi connectivity index (χ1n) is 10.6. The van der Waals surface area contributed by atoms with Gasteiger partial charge in [0.2, 0.25) is 5.88 Å². The van der Waals surface area contributed by atoms with Crippen molar-refractivity contribution in [2.24, 2.45) is 0 Å². The van der Waals surface area contributed by atoms with Gasteiger partial charge in [-0.15, -0.1) is 0 Å². The van der Waals surface area contributed by atoms with Gasteiger partial charge in [-0.1, -0.05) is 23.2 Å². The maximum atomic E-state index is 14.8. The molecule has 1 saturated heterocycles. The van der Waals surface area contributed by atoms with E-state index in [0.717, 1.165) is 38.6 Å². The van der Waals surface area contributed by atoms with Crippen LogP contribution in [0.15, 0.2) is 42.6 Å². The van der Waals surface area contributed by atoms with E-state index in [1.54, 1.807) is 24.3 Å². The highest BCUT2D eigenvalue weighted by atomic mass is 35.5. The minimum Gasteiger partial charge on any atom is -0.437 e. The summed E-state index contributed by atoms with van der Waals surface area (Å²) in [4.78, 5) is 10.6. The van der Waals surface area contributed by atoms with Crippen LogP contribution < -0.4 is 9.64 Å². The third-order valence-electron chi connectivity index (χ3n) is 5.13. The van der Waals surface area contributed by atoms with E-state index < -0.39 is 15.9 Å². The molecular weight excluding hydrogens is 504 g/mol. The van der Waals surface area contributed by atoms with Gasteiger partial charge in [-0.05, 0) is 49.1 Å². The number of halogens is 3. The summed E-state index contributed by atoms with van der Waals surface area (Å²) in [5.41, 5.74) is 1.49. The van der Waals surface area contributed by atoms with Gasteiger partial charge >= 0.3 is 0 Å². The molecule has 1 aliphatic rings. The lowest BCUT2D eigenvalue weighted by molar-refractivity contribution is 0.311. The lowest BCUT2D eigenvalue weighted by Gasteiger charge is -2.27. The van der Waals surface area contributed by atoms with E-state index in [-0.39, 0.29) is 18.2 Å². The standard InChI is InChI=1S/C23H22Cl2FN3O4S/c1-34(30,31)32-14-15-7-21(16-9-17(24)11-18(25)10-16)28-22(8-15)33-19-12-20(26)23(27-13-19)29-5-3-2-4-6-29/h7-13H,2-6,14H2,1H3. The van der Waals surface area contributed by atoms with E-state index in [1.807, 2.05) is 4.90 Å². The summed E-state index contributed by atoms with van der Waals surface area (Å²) in [6.07, 6.45) is 5.53. The van der Waals surface area contributed by atoms with Gasteiger partial charge in [-0.2, -0.15) is 8.42 Å². The number of hydrogen-bond acceptors (Lipinski definition) is 7. The van der Waals surface area contributed by atoms with Crippen molar-refractivity contribution in [1.29, 1.82) is 0 Å². The Morgan fingerprint density at radius 2 is 1.74 bits per heavy atom. The highest BCUT2D eigenvalue weighted by Crippen LogP contribution is 2.31. The van der Waals surface area contributed by atoms with Crippen LogP contribution in [0.4, 0.5) is 10.2 Å². The van der Waals surface area contributed by atoms with E-state index in [9.17, 15) is 12.8 Å². The fourth-order valence-electron chi connectivity index (χ4n) is 3.65. The number of ether oxygens (including phenoxy) is 1. The Labute approximate surface area is 207 Å². The normalized spacial score (nSPS) is 14.3. The molecule has 180 valence electrons. The van der Waals surface area contributed by atoms with Crippen LogP contribution in [0.25, 0.3) is 11.3 Å². The number of benzene rings is 1. The van der Waals surface area contributed by atoms with Crippen LogP contribution in [0.2, 0.25) is 10.0 Å². The lowest BCUT2D eigenvalue weighted by Crippen LogP contribution is -2.30. The lowest BCUT2D eigenvalue weighted by atomic mass is 10.1. The molecule has 0 unspecified atom stereocenters. The smallest absolute Gasteiger partial charge is 0.264 e. The zero-order valence-corrected chi connectivity index (χ0v) is 20.6. The van der Waals surface area contributed by atoms with Crippen molar-refractivity contribution in [3.63, 3.8) is 0 Å². The molecule has 34 heavy (non-hydrogen) atoms. The number of rotatable bonds is 7. The average molecular weight is 526 g/mol. The molecule has 4 rings (SSSR count). The second-order valence-corrected chi connectivity index (χ2v) is 10.5. The zero-order chi connectivity index (χ0) is 24.3. The first-order chi connectivity index (χ1) is 16.2. The van der Waals surface area contributed by atoms with Crippen LogP contribution in [0, 0.1) is 5.82 Å². The highest BCUT2D eigenvalue weighted by molar-refractivity contribution is 7.85. The predicted octanol–water partition coefficient (Wildman–Crippen LogP) is 5.85. The topological polar surface area (TPSA) is 81.6 Å². The number of pyridine rings is 2. The SMILES string of the molecule is CS(=O)(=O)OCc1cc(Oc2cnc(N3CCCCC3)c(F)c2)nc(-c2cc(Cl)cc(Cl)c2)c1. The zero-order valence-electron chi connectivity index (χ0n) is 18.3. The van der Waals surface area contributed by atoms with Crippen molar-refractivity contribution < 1.29 is 21.7 Å². The second kappa shape index (κ2) is 10.4. The van der Waals surface area contributed by atoms with Crippen LogP contribution in [0.1, 0.15) is 24.8 Å². The van der Waals surface area contributed by atoms with Gasteiger partial charge in [0.25, 0.3) is 10.1 Å². The van der Waals surface area contributed by atoms with Crippen molar-refractivity contribution in [3.05, 3.63) is 64.0 Å². The molecule has 0 N–H and O–H groups in total. The molecule has 1 aromatic carbocycles. The Hall–Kier alpha value is -2.46. The molecule has 0 aliphatic carbocycles. The third kappa shape index (κ3) is 6.56. The molecule has 3 heterocycles. The predicted molar refractivity (Wildman–Crippen MR) is 130 cm³/mol. The van der Waals surface area contributed by atoms with Crippen molar-refractivity contribution >= 4 is 39.1 Å². The minimum absolute atomic E-state index is 0.104. The van der Waals surface area contributed by atoms with Crippen LogP contribution in [-0.2, 0) is 20.9 Å². The molecular formula is C23H22Cl2FN3O4S. The molecule has 0 radical (unpaired) electrons. The quantitative estimate of drug-likeness (QED) is 0.358. The Kier molecular flexibility index (Phi) is 7.57. The number of piperidine rings is 1. The van der Waals surface area contributed by atoms with E-state index in [0.29, 0.717) is 32.7 Å². The largest absolute Gasteiger partial charge is 0.437 e. The summed E-state index contributed by atoms with van der Waals surface area (Å²) in [7, 11) is -3.67. The molecule has 3 aromatic rings. The van der Waals surface area contributed by atoms with Crippen LogP contribution in [0.3, 0.4) is 0 Å². The molecule has 0 bridgehead atoms. The molecule has 11 heteroatoms. The molecule has 0 spiro atoms. The summed E-state index contributed by atoms with van der Waals surface area (Å²) < 4.78 is 48.4. The van der Waals surface area contributed by atoms with Crippen molar-refractivity contribution in [2.45, 2.75) is 25.9 Å². The number of aromatic nitrogens is 2. The van der Waals surface area contributed by atoms with Crippen LogP contribution in [0.5, 0.6) is 11.6 Å². The molecule has 0 saturated carbocycles. The van der Waals surface area contributed by atoms with Gasteiger partial charge in [0.05, 0.1) is 24.8 Å². The van der Waals surface area contributed by atoms with Gasteiger partial charge < -0.3 is 9.64 Å². The van der Waals surface area contributed by atoms with Gasteiger partial charge in [0.15, 0.2) is 17.4 Å². The van der Waals surface area contributed by atoms with Crippen LogP contribution >= 0.6 is 23.2 Å². The van der Waals surface area contributed by atoms with E-state index in [2.05, 4.69) is 9.97 Å². The second-order valence-electron chi connectivity index (χ2n) is 7.95. The summed E-state index contributed by atoms with van der Waals surface area (Å²) in [6, 6.07) is 9.31. The molecule has 0 amide bonds. The van der Waals surface area contributed by atoms with Gasteiger partial charge in [0, 0.05) is 40.8 Å². The van der Waals surface area contributed by atoms with Gasteiger partial charge in [-0.3, -0.25) is 4.18 Å². The van der Waals surface area contributed by atoms with Gasteiger partial charge in [-0.25, -0.2) is 14.4 Å².